The Bertz CT molecular complexity index is 550. The molecule has 1 aromatic rings. The predicted molar refractivity (Wildman–Crippen MR) is 69.6 cm³/mol. The number of aromatic nitrogens is 1. The third-order valence-electron chi connectivity index (χ3n) is 3.07. The fourth-order valence-electron chi connectivity index (χ4n) is 1.80. The van der Waals surface area contributed by atoms with E-state index >= 15 is 0 Å². The molecule has 0 atom stereocenters. The highest BCUT2D eigenvalue weighted by Crippen LogP contribution is 2.23. The van der Waals surface area contributed by atoms with Crippen LogP contribution in [0.4, 0.5) is 4.79 Å². The first-order valence-electron chi connectivity index (χ1n) is 5.91. The van der Waals surface area contributed by atoms with E-state index in [1.165, 1.54) is 25.2 Å². The second-order valence-electron chi connectivity index (χ2n) is 4.95. The highest BCUT2D eigenvalue weighted by Gasteiger charge is 2.46. The van der Waals surface area contributed by atoms with Gasteiger partial charge in [0.2, 0.25) is 11.8 Å². The van der Waals surface area contributed by atoms with Gasteiger partial charge in [-0.05, 0) is 20.8 Å². The van der Waals surface area contributed by atoms with E-state index in [1.54, 1.807) is 0 Å². The number of thiazole rings is 1. The summed E-state index contributed by atoms with van der Waals surface area (Å²) in [5.41, 5.74) is -0.357. The Hall–Kier alpha value is -1.76. The molecule has 102 valence electrons. The summed E-state index contributed by atoms with van der Waals surface area (Å²) in [6.45, 7) is 5.15. The number of rotatable bonds is 3. The quantitative estimate of drug-likeness (QED) is 0.841. The number of nitrogens with one attached hydrogen (secondary N) is 1. The van der Waals surface area contributed by atoms with Crippen LogP contribution in [0.3, 0.4) is 0 Å². The highest BCUT2D eigenvalue weighted by atomic mass is 32.1. The second kappa shape index (κ2) is 4.73. The van der Waals surface area contributed by atoms with Gasteiger partial charge in [0.25, 0.3) is 0 Å². The van der Waals surface area contributed by atoms with Gasteiger partial charge in [0, 0.05) is 18.3 Å². The second-order valence-corrected chi connectivity index (χ2v) is 6.01. The summed E-state index contributed by atoms with van der Waals surface area (Å²) in [6, 6.07) is -0.652. The minimum Gasteiger partial charge on any atom is -0.277 e. The van der Waals surface area contributed by atoms with Gasteiger partial charge < -0.3 is 0 Å². The zero-order valence-electron chi connectivity index (χ0n) is 11.0. The fourth-order valence-corrected chi connectivity index (χ4v) is 2.45. The van der Waals surface area contributed by atoms with Gasteiger partial charge in [-0.2, -0.15) is 0 Å². The zero-order valence-corrected chi connectivity index (χ0v) is 11.8. The lowest BCUT2D eigenvalue weighted by Crippen LogP contribution is -2.62. The number of urea groups is 1. The van der Waals surface area contributed by atoms with Crippen LogP contribution in [0.2, 0.25) is 0 Å². The highest BCUT2D eigenvalue weighted by molar-refractivity contribution is 7.09. The third kappa shape index (κ3) is 2.51. The molecule has 1 fully saturated rings. The molecule has 6 nitrogen and oxygen atoms in total. The molecule has 1 N–H and O–H groups in total. The Morgan fingerprint density at radius 1 is 1.37 bits per heavy atom. The summed E-state index contributed by atoms with van der Waals surface area (Å²) in [5, 5.41) is 5.05. The lowest BCUT2D eigenvalue weighted by molar-refractivity contribution is -0.148. The van der Waals surface area contributed by atoms with E-state index in [9.17, 15) is 14.4 Å². The van der Waals surface area contributed by atoms with E-state index in [0.717, 1.165) is 15.6 Å². The molecule has 7 heteroatoms. The van der Waals surface area contributed by atoms with Gasteiger partial charge in [-0.15, -0.1) is 11.3 Å². The van der Waals surface area contributed by atoms with Crippen molar-refractivity contribution in [2.45, 2.75) is 27.2 Å². The van der Waals surface area contributed by atoms with Crippen molar-refractivity contribution in [2.75, 3.05) is 6.54 Å². The van der Waals surface area contributed by atoms with Crippen molar-refractivity contribution in [3.8, 4) is 0 Å². The molecule has 2 heterocycles. The minimum absolute atomic E-state index is 0.227. The lowest BCUT2D eigenvalue weighted by atomic mass is 9.89. The van der Waals surface area contributed by atoms with Crippen molar-refractivity contribution in [3.05, 3.63) is 16.1 Å². The average Bonchev–Trinajstić information content (AvgIpc) is 2.73. The first-order valence-corrected chi connectivity index (χ1v) is 6.78. The van der Waals surface area contributed by atoms with E-state index < -0.39 is 23.3 Å². The standard InChI is InChI=1S/C12H15N3O3S/c1-7-13-8(6-19-7)4-5-15-10(17)12(2,3)9(16)14-11(15)18/h6H,4-5H2,1-3H3,(H,14,16,18). The predicted octanol–water partition coefficient (Wildman–Crippen LogP) is 1.10. The molecule has 2 rings (SSSR count). The van der Waals surface area contributed by atoms with Gasteiger partial charge in [-0.25, -0.2) is 9.78 Å². The van der Waals surface area contributed by atoms with Gasteiger partial charge in [0.15, 0.2) is 0 Å². The maximum absolute atomic E-state index is 12.1. The number of hydrogen-bond donors (Lipinski definition) is 1. The van der Waals surface area contributed by atoms with E-state index in [1.807, 2.05) is 12.3 Å². The molecule has 0 bridgehead atoms. The van der Waals surface area contributed by atoms with Crippen LogP contribution in [0.15, 0.2) is 5.38 Å². The summed E-state index contributed by atoms with van der Waals surface area (Å²) in [6.07, 6.45) is 0.494. The van der Waals surface area contributed by atoms with Crippen LogP contribution < -0.4 is 5.32 Å². The molecular formula is C12H15N3O3S. The zero-order chi connectivity index (χ0) is 14.2. The number of carbonyl (C=O) groups excluding carboxylic acids is 3. The van der Waals surface area contributed by atoms with Gasteiger partial charge in [0.1, 0.15) is 5.41 Å². The third-order valence-corrected chi connectivity index (χ3v) is 3.89. The van der Waals surface area contributed by atoms with Crippen molar-refractivity contribution >= 4 is 29.2 Å². The summed E-state index contributed by atoms with van der Waals surface area (Å²) >= 11 is 1.52. The Balaban J connectivity index is 2.09. The van der Waals surface area contributed by atoms with E-state index in [4.69, 9.17) is 0 Å². The normalized spacial score (nSPS) is 18.7. The smallest absolute Gasteiger partial charge is 0.277 e. The van der Waals surface area contributed by atoms with Crippen LogP contribution in [0.5, 0.6) is 0 Å². The number of amides is 4. The molecule has 0 aliphatic carbocycles. The molecule has 0 unspecified atom stereocenters. The molecule has 0 aromatic carbocycles. The van der Waals surface area contributed by atoms with Crippen LogP contribution in [0, 0.1) is 12.3 Å². The first kappa shape index (κ1) is 13.7. The number of aryl methyl sites for hydroxylation is 1. The van der Waals surface area contributed by atoms with E-state index in [-0.39, 0.29) is 6.54 Å². The Kier molecular flexibility index (Phi) is 3.40. The maximum Gasteiger partial charge on any atom is 0.330 e. The van der Waals surface area contributed by atoms with Gasteiger partial charge in [-0.1, -0.05) is 0 Å². The first-order chi connectivity index (χ1) is 8.82. The molecule has 0 spiro atoms. The molecule has 0 saturated carbocycles. The largest absolute Gasteiger partial charge is 0.330 e. The molecule has 1 aromatic heterocycles. The molecule has 4 amide bonds. The number of nitrogens with zero attached hydrogens (tertiary/aromatic N) is 2. The van der Waals surface area contributed by atoms with Crippen molar-refractivity contribution in [2.24, 2.45) is 5.41 Å². The van der Waals surface area contributed by atoms with Crippen LogP contribution >= 0.6 is 11.3 Å². The monoisotopic (exact) mass is 281 g/mol. The van der Waals surface area contributed by atoms with Crippen LogP contribution in [0.25, 0.3) is 0 Å². The molecule has 0 radical (unpaired) electrons. The topological polar surface area (TPSA) is 79.4 Å². The van der Waals surface area contributed by atoms with E-state index in [0.29, 0.717) is 6.42 Å². The summed E-state index contributed by atoms with van der Waals surface area (Å²) < 4.78 is 0. The Morgan fingerprint density at radius 3 is 2.63 bits per heavy atom. The van der Waals surface area contributed by atoms with Gasteiger partial charge >= 0.3 is 6.03 Å². The lowest BCUT2D eigenvalue weighted by Gasteiger charge is -2.34. The Labute approximate surface area is 114 Å². The van der Waals surface area contributed by atoms with Gasteiger partial charge in [0.05, 0.1) is 10.7 Å². The molecular weight excluding hydrogens is 266 g/mol. The number of barbiturate groups is 1. The summed E-state index contributed by atoms with van der Waals surface area (Å²) in [7, 11) is 0. The molecule has 1 aliphatic heterocycles. The van der Waals surface area contributed by atoms with Crippen LogP contribution in [-0.4, -0.2) is 34.3 Å². The number of hydrogen-bond acceptors (Lipinski definition) is 5. The SMILES string of the molecule is Cc1nc(CCN2C(=O)NC(=O)C(C)(C)C2=O)cs1. The fraction of sp³-hybridized carbons (Fsp3) is 0.500. The number of carbonyl (C=O) groups is 3. The molecule has 19 heavy (non-hydrogen) atoms. The maximum atomic E-state index is 12.1. The van der Waals surface area contributed by atoms with Crippen LogP contribution in [0.1, 0.15) is 24.5 Å². The minimum atomic E-state index is -1.20. The number of imide groups is 2. The van der Waals surface area contributed by atoms with Crippen molar-refractivity contribution in [1.82, 2.24) is 15.2 Å². The Morgan fingerprint density at radius 2 is 2.05 bits per heavy atom. The van der Waals surface area contributed by atoms with Crippen molar-refractivity contribution in [1.29, 1.82) is 0 Å². The molecule has 1 aliphatic rings. The summed E-state index contributed by atoms with van der Waals surface area (Å²) in [5.74, 6) is -1.02. The van der Waals surface area contributed by atoms with Gasteiger partial charge in [-0.3, -0.25) is 19.8 Å². The van der Waals surface area contributed by atoms with E-state index in [2.05, 4.69) is 10.3 Å². The molecule has 1 saturated heterocycles. The van der Waals surface area contributed by atoms with Crippen molar-refractivity contribution < 1.29 is 14.4 Å². The van der Waals surface area contributed by atoms with Crippen LogP contribution in [-0.2, 0) is 16.0 Å². The van der Waals surface area contributed by atoms with Crippen molar-refractivity contribution in [3.63, 3.8) is 0 Å². The average molecular weight is 281 g/mol. The summed E-state index contributed by atoms with van der Waals surface area (Å²) in [4.78, 5) is 40.7.